The van der Waals surface area contributed by atoms with Crippen molar-refractivity contribution in [1.29, 1.82) is 0 Å². The summed E-state index contributed by atoms with van der Waals surface area (Å²) in [6.45, 7) is 1.28. The van der Waals surface area contributed by atoms with Gasteiger partial charge >= 0.3 is 0 Å². The summed E-state index contributed by atoms with van der Waals surface area (Å²) >= 11 is 5.61. The number of alkyl halides is 1. The Morgan fingerprint density at radius 3 is 2.73 bits per heavy atom. The van der Waals surface area contributed by atoms with Crippen molar-refractivity contribution >= 4 is 24.0 Å². The molecule has 1 heterocycles. The van der Waals surface area contributed by atoms with E-state index in [2.05, 4.69) is 11.9 Å². The summed E-state index contributed by atoms with van der Waals surface area (Å²) in [7, 11) is 2.21. The van der Waals surface area contributed by atoms with Crippen molar-refractivity contribution in [2.24, 2.45) is 0 Å². The van der Waals surface area contributed by atoms with Crippen LogP contribution in [0.5, 0.6) is 0 Å². The maximum Gasteiger partial charge on any atom is 0.0224 e. The Labute approximate surface area is 80.5 Å². The third kappa shape index (κ3) is 3.64. The van der Waals surface area contributed by atoms with E-state index in [1.807, 2.05) is 0 Å². The van der Waals surface area contributed by atoms with Gasteiger partial charge in [-0.05, 0) is 39.3 Å². The Kier molecular flexibility index (Phi) is 6.40. The number of nitrogens with zero attached hydrogens (tertiary/aromatic N) is 1. The highest BCUT2D eigenvalue weighted by Crippen LogP contribution is 2.18. The van der Waals surface area contributed by atoms with Crippen molar-refractivity contribution in [3.63, 3.8) is 0 Å². The van der Waals surface area contributed by atoms with Gasteiger partial charge in [0, 0.05) is 11.9 Å². The molecule has 0 aromatic carbocycles. The molecule has 0 radical (unpaired) electrons. The SMILES string of the molecule is CN1CCCC1CCCCl.Cl. The van der Waals surface area contributed by atoms with Crippen LogP contribution in [0.3, 0.4) is 0 Å². The van der Waals surface area contributed by atoms with E-state index < -0.39 is 0 Å². The van der Waals surface area contributed by atoms with Crippen LogP contribution < -0.4 is 0 Å². The van der Waals surface area contributed by atoms with E-state index in [-0.39, 0.29) is 12.4 Å². The second-order valence-electron chi connectivity index (χ2n) is 3.11. The van der Waals surface area contributed by atoms with E-state index in [4.69, 9.17) is 11.6 Å². The predicted octanol–water partition coefficient (Wildman–Crippen LogP) is 2.52. The summed E-state index contributed by atoms with van der Waals surface area (Å²) < 4.78 is 0. The van der Waals surface area contributed by atoms with Gasteiger partial charge in [0.25, 0.3) is 0 Å². The van der Waals surface area contributed by atoms with E-state index in [0.717, 1.165) is 11.9 Å². The zero-order valence-corrected chi connectivity index (χ0v) is 8.63. The minimum atomic E-state index is 0. The summed E-state index contributed by atoms with van der Waals surface area (Å²) in [6, 6.07) is 0.832. The fourth-order valence-electron chi connectivity index (χ4n) is 1.66. The Bertz CT molecular complexity index is 98.1. The van der Waals surface area contributed by atoms with Gasteiger partial charge in [0.05, 0.1) is 0 Å². The molecule has 1 atom stereocenters. The summed E-state index contributed by atoms with van der Waals surface area (Å²) in [5, 5.41) is 0. The first-order valence-corrected chi connectivity index (χ1v) is 4.64. The summed E-state index contributed by atoms with van der Waals surface area (Å²) in [4.78, 5) is 2.45. The number of hydrogen-bond acceptors (Lipinski definition) is 1. The van der Waals surface area contributed by atoms with Gasteiger partial charge in [0.1, 0.15) is 0 Å². The van der Waals surface area contributed by atoms with Gasteiger partial charge in [-0.2, -0.15) is 0 Å². The van der Waals surface area contributed by atoms with Gasteiger partial charge in [-0.3, -0.25) is 0 Å². The van der Waals surface area contributed by atoms with Crippen molar-refractivity contribution in [1.82, 2.24) is 4.90 Å². The van der Waals surface area contributed by atoms with Crippen molar-refractivity contribution in [3.8, 4) is 0 Å². The van der Waals surface area contributed by atoms with Gasteiger partial charge in [0.15, 0.2) is 0 Å². The van der Waals surface area contributed by atoms with Crippen LogP contribution in [0.15, 0.2) is 0 Å². The molecule has 11 heavy (non-hydrogen) atoms. The lowest BCUT2D eigenvalue weighted by Gasteiger charge is -2.18. The topological polar surface area (TPSA) is 3.24 Å². The molecule has 0 amide bonds. The first kappa shape index (κ1) is 11.5. The van der Waals surface area contributed by atoms with Gasteiger partial charge in [-0.1, -0.05) is 0 Å². The molecule has 1 aliphatic heterocycles. The van der Waals surface area contributed by atoms with E-state index in [9.17, 15) is 0 Å². The quantitative estimate of drug-likeness (QED) is 0.630. The third-order valence-electron chi connectivity index (χ3n) is 2.34. The standard InChI is InChI=1S/C8H16ClN.ClH/c1-10-7-3-5-8(10)4-2-6-9;/h8H,2-7H2,1H3;1H. The number of hydrogen-bond donors (Lipinski definition) is 0. The minimum Gasteiger partial charge on any atom is -0.303 e. The normalized spacial score (nSPS) is 25.1. The van der Waals surface area contributed by atoms with Crippen LogP contribution >= 0.6 is 24.0 Å². The van der Waals surface area contributed by atoms with Crippen molar-refractivity contribution in [2.75, 3.05) is 19.5 Å². The minimum absolute atomic E-state index is 0. The monoisotopic (exact) mass is 197 g/mol. The largest absolute Gasteiger partial charge is 0.303 e. The molecule has 0 bridgehead atoms. The zero-order chi connectivity index (χ0) is 7.40. The Hall–Kier alpha value is 0.540. The number of likely N-dealkylation sites (tertiary alicyclic amines) is 1. The molecule has 1 unspecified atom stereocenters. The van der Waals surface area contributed by atoms with Crippen LogP contribution in [-0.2, 0) is 0 Å². The van der Waals surface area contributed by atoms with Crippen LogP contribution in [-0.4, -0.2) is 30.4 Å². The van der Waals surface area contributed by atoms with Crippen LogP contribution in [0, 0.1) is 0 Å². The van der Waals surface area contributed by atoms with Crippen LogP contribution in [0.4, 0.5) is 0 Å². The molecule has 0 aromatic rings. The Balaban J connectivity index is 0.000001000. The fourth-order valence-corrected chi connectivity index (χ4v) is 1.81. The molecule has 1 saturated heterocycles. The van der Waals surface area contributed by atoms with Gasteiger partial charge in [0.2, 0.25) is 0 Å². The summed E-state index contributed by atoms with van der Waals surface area (Å²) in [6.07, 6.45) is 5.23. The predicted molar refractivity (Wildman–Crippen MR) is 52.9 cm³/mol. The van der Waals surface area contributed by atoms with E-state index in [1.165, 1.54) is 32.2 Å². The summed E-state index contributed by atoms with van der Waals surface area (Å²) in [5.74, 6) is 0.824. The highest BCUT2D eigenvalue weighted by Gasteiger charge is 2.19. The second kappa shape index (κ2) is 6.10. The molecule has 0 saturated carbocycles. The molecule has 0 spiro atoms. The average Bonchev–Trinajstić information content (AvgIpc) is 2.31. The van der Waals surface area contributed by atoms with Crippen LogP contribution in [0.2, 0.25) is 0 Å². The van der Waals surface area contributed by atoms with Gasteiger partial charge in [-0.25, -0.2) is 0 Å². The Morgan fingerprint density at radius 1 is 1.55 bits per heavy atom. The van der Waals surface area contributed by atoms with E-state index in [0.29, 0.717) is 0 Å². The van der Waals surface area contributed by atoms with Crippen LogP contribution in [0.1, 0.15) is 25.7 Å². The molecule has 1 nitrogen and oxygen atoms in total. The van der Waals surface area contributed by atoms with Crippen LogP contribution in [0.25, 0.3) is 0 Å². The van der Waals surface area contributed by atoms with E-state index >= 15 is 0 Å². The summed E-state index contributed by atoms with van der Waals surface area (Å²) in [5.41, 5.74) is 0. The molecule has 1 aliphatic rings. The average molecular weight is 198 g/mol. The smallest absolute Gasteiger partial charge is 0.0224 e. The van der Waals surface area contributed by atoms with Crippen molar-refractivity contribution in [3.05, 3.63) is 0 Å². The second-order valence-corrected chi connectivity index (χ2v) is 3.49. The molecule has 0 aliphatic carbocycles. The molecule has 68 valence electrons. The van der Waals surface area contributed by atoms with Crippen molar-refractivity contribution in [2.45, 2.75) is 31.7 Å². The fraction of sp³-hybridized carbons (Fsp3) is 1.00. The molecular weight excluding hydrogens is 181 g/mol. The molecule has 3 heteroatoms. The number of rotatable bonds is 3. The molecule has 1 fully saturated rings. The molecular formula is C8H17Cl2N. The lowest BCUT2D eigenvalue weighted by atomic mass is 10.1. The van der Waals surface area contributed by atoms with Gasteiger partial charge in [-0.15, -0.1) is 24.0 Å². The maximum atomic E-state index is 5.61. The van der Waals surface area contributed by atoms with Crippen molar-refractivity contribution < 1.29 is 0 Å². The zero-order valence-electron chi connectivity index (χ0n) is 7.05. The molecule has 0 aromatic heterocycles. The first-order valence-electron chi connectivity index (χ1n) is 4.11. The Morgan fingerprint density at radius 2 is 2.27 bits per heavy atom. The molecule has 0 N–H and O–H groups in total. The lowest BCUT2D eigenvalue weighted by molar-refractivity contribution is 0.295. The van der Waals surface area contributed by atoms with E-state index in [1.54, 1.807) is 0 Å². The lowest BCUT2D eigenvalue weighted by Crippen LogP contribution is -2.24. The highest BCUT2D eigenvalue weighted by molar-refractivity contribution is 6.17. The highest BCUT2D eigenvalue weighted by atomic mass is 35.5. The number of halogens is 2. The first-order chi connectivity index (χ1) is 4.84. The van der Waals surface area contributed by atoms with Gasteiger partial charge < -0.3 is 4.90 Å². The maximum absolute atomic E-state index is 5.61. The third-order valence-corrected chi connectivity index (χ3v) is 2.61. The molecule has 1 rings (SSSR count).